The Labute approximate surface area is 202 Å². The Balaban J connectivity index is 1.57. The van der Waals surface area contributed by atoms with Gasteiger partial charge >= 0.3 is 0 Å². The molecule has 2 amide bonds. The fourth-order valence-electron chi connectivity index (χ4n) is 3.58. The highest BCUT2D eigenvalue weighted by Crippen LogP contribution is 2.27. The monoisotopic (exact) mass is 517 g/mol. The van der Waals surface area contributed by atoms with Crippen LogP contribution >= 0.6 is 28.1 Å². The predicted molar refractivity (Wildman–Crippen MR) is 134 cm³/mol. The zero-order chi connectivity index (χ0) is 23.1. The molecule has 0 unspecified atom stereocenters. The number of anilines is 1. The summed E-state index contributed by atoms with van der Waals surface area (Å²) in [5, 5.41) is 8.90. The van der Waals surface area contributed by atoms with E-state index >= 15 is 0 Å². The maximum absolute atomic E-state index is 12.6. The van der Waals surface area contributed by atoms with Gasteiger partial charge in [-0.3, -0.25) is 14.9 Å². The molecule has 170 valence electrons. The average Bonchev–Trinajstić information content (AvgIpc) is 2.75. The molecule has 0 radical (unpaired) electrons. The van der Waals surface area contributed by atoms with Crippen LogP contribution in [0.3, 0.4) is 0 Å². The molecule has 32 heavy (non-hydrogen) atoms. The maximum atomic E-state index is 12.6. The van der Waals surface area contributed by atoms with Crippen molar-refractivity contribution >= 4 is 50.8 Å². The summed E-state index contributed by atoms with van der Waals surface area (Å²) in [7, 11) is 0. The molecule has 3 rings (SSSR count). The number of hydrogen-bond acceptors (Lipinski definition) is 4. The third-order valence-electron chi connectivity index (χ3n) is 5.11. The summed E-state index contributed by atoms with van der Waals surface area (Å²) in [4.78, 5) is 25.1. The van der Waals surface area contributed by atoms with Gasteiger partial charge in [0.1, 0.15) is 5.75 Å². The minimum Gasteiger partial charge on any atom is -0.490 e. The molecule has 0 spiro atoms. The second kappa shape index (κ2) is 11.4. The zero-order valence-corrected chi connectivity index (χ0v) is 20.6. The number of amides is 2. The van der Waals surface area contributed by atoms with Crippen molar-refractivity contribution < 1.29 is 14.3 Å². The highest BCUT2D eigenvalue weighted by molar-refractivity contribution is 9.10. The molecular formula is C24H28BrN3O3S. The lowest BCUT2D eigenvalue weighted by Gasteiger charge is -2.22. The van der Waals surface area contributed by atoms with Gasteiger partial charge in [-0.25, -0.2) is 0 Å². The molecule has 1 aliphatic rings. The first-order valence-corrected chi connectivity index (χ1v) is 12.0. The minimum atomic E-state index is -0.342. The summed E-state index contributed by atoms with van der Waals surface area (Å²) in [5.74, 6) is 0.232. The smallest absolute Gasteiger partial charge is 0.257 e. The molecule has 0 aromatic heterocycles. The van der Waals surface area contributed by atoms with Gasteiger partial charge in [0, 0.05) is 22.9 Å². The molecule has 0 saturated heterocycles. The summed E-state index contributed by atoms with van der Waals surface area (Å²) in [5.41, 5.74) is 1.63. The summed E-state index contributed by atoms with van der Waals surface area (Å²) in [6, 6.07) is 12.4. The van der Waals surface area contributed by atoms with Crippen LogP contribution in [-0.4, -0.2) is 29.1 Å². The van der Waals surface area contributed by atoms with Gasteiger partial charge < -0.3 is 15.4 Å². The van der Waals surface area contributed by atoms with E-state index in [0.29, 0.717) is 27.0 Å². The van der Waals surface area contributed by atoms with Crippen LogP contribution in [0, 0.1) is 0 Å². The van der Waals surface area contributed by atoms with Gasteiger partial charge in [-0.1, -0.05) is 25.3 Å². The highest BCUT2D eigenvalue weighted by Gasteiger charge is 2.17. The quantitative estimate of drug-likeness (QED) is 0.445. The van der Waals surface area contributed by atoms with E-state index < -0.39 is 0 Å². The van der Waals surface area contributed by atoms with Crippen LogP contribution in [0.2, 0.25) is 0 Å². The van der Waals surface area contributed by atoms with E-state index in [0.717, 1.165) is 25.7 Å². The van der Waals surface area contributed by atoms with Crippen molar-refractivity contribution in [1.29, 1.82) is 0 Å². The fraction of sp³-hybridized carbons (Fsp3) is 0.375. The first-order chi connectivity index (χ1) is 15.3. The van der Waals surface area contributed by atoms with Gasteiger partial charge in [0.15, 0.2) is 5.11 Å². The van der Waals surface area contributed by atoms with Crippen molar-refractivity contribution in [2.24, 2.45) is 0 Å². The standard InChI is InChI=1S/C24H28BrN3O3S/c1-15(2)31-21-12-11-17(14-20(21)25)23(30)28-24(32)27-19-10-6-7-16(13-19)22(29)26-18-8-4-3-5-9-18/h6-7,10-15,18H,3-5,8-9H2,1-2H3,(H,26,29)(H2,27,28,30,32). The van der Waals surface area contributed by atoms with E-state index in [2.05, 4.69) is 31.9 Å². The third kappa shape index (κ3) is 7.03. The van der Waals surface area contributed by atoms with E-state index in [4.69, 9.17) is 17.0 Å². The number of ether oxygens (including phenoxy) is 1. The summed E-state index contributed by atoms with van der Waals surface area (Å²) < 4.78 is 6.36. The number of halogens is 1. The second-order valence-electron chi connectivity index (χ2n) is 8.11. The van der Waals surface area contributed by atoms with Crippen LogP contribution in [0.25, 0.3) is 0 Å². The normalized spacial score (nSPS) is 14.0. The van der Waals surface area contributed by atoms with Crippen LogP contribution in [0.15, 0.2) is 46.9 Å². The number of nitrogens with one attached hydrogen (secondary N) is 3. The topological polar surface area (TPSA) is 79.5 Å². The van der Waals surface area contributed by atoms with Gasteiger partial charge in [0.2, 0.25) is 0 Å². The van der Waals surface area contributed by atoms with E-state index in [-0.39, 0.29) is 29.1 Å². The molecule has 1 aliphatic carbocycles. The Bertz CT molecular complexity index is 990. The van der Waals surface area contributed by atoms with E-state index in [1.54, 1.807) is 42.5 Å². The third-order valence-corrected chi connectivity index (χ3v) is 5.93. The first-order valence-electron chi connectivity index (χ1n) is 10.8. The Morgan fingerprint density at radius 2 is 1.75 bits per heavy atom. The molecule has 1 fully saturated rings. The van der Waals surface area contributed by atoms with Crippen LogP contribution in [0.5, 0.6) is 5.75 Å². The van der Waals surface area contributed by atoms with E-state index in [1.165, 1.54) is 6.42 Å². The van der Waals surface area contributed by atoms with Crippen molar-refractivity contribution in [2.75, 3.05) is 5.32 Å². The Morgan fingerprint density at radius 3 is 2.44 bits per heavy atom. The van der Waals surface area contributed by atoms with Gasteiger partial charge in [0.25, 0.3) is 11.8 Å². The Hall–Kier alpha value is -2.45. The molecule has 0 bridgehead atoms. The largest absolute Gasteiger partial charge is 0.490 e. The first kappa shape index (κ1) is 24.2. The SMILES string of the molecule is CC(C)Oc1ccc(C(=O)NC(=S)Nc2cccc(C(=O)NC3CCCCC3)c2)cc1Br. The van der Waals surface area contributed by atoms with Crippen molar-refractivity contribution in [3.8, 4) is 5.75 Å². The van der Waals surface area contributed by atoms with Crippen molar-refractivity contribution in [2.45, 2.75) is 58.1 Å². The van der Waals surface area contributed by atoms with Crippen LogP contribution < -0.4 is 20.7 Å². The molecule has 0 aliphatic heterocycles. The molecule has 1 saturated carbocycles. The lowest BCUT2D eigenvalue weighted by Crippen LogP contribution is -2.36. The summed E-state index contributed by atoms with van der Waals surface area (Å²) in [6.07, 6.45) is 5.64. The van der Waals surface area contributed by atoms with Crippen molar-refractivity contribution in [3.05, 3.63) is 58.1 Å². The second-order valence-corrected chi connectivity index (χ2v) is 9.37. The average molecular weight is 518 g/mol. The van der Waals surface area contributed by atoms with Gasteiger partial charge in [-0.15, -0.1) is 0 Å². The van der Waals surface area contributed by atoms with Gasteiger partial charge in [-0.05, 0) is 91.2 Å². The molecule has 2 aromatic carbocycles. The van der Waals surface area contributed by atoms with E-state index in [1.807, 2.05) is 13.8 Å². The predicted octanol–water partition coefficient (Wildman–Crippen LogP) is 5.43. The van der Waals surface area contributed by atoms with Crippen LogP contribution in [0.4, 0.5) is 5.69 Å². The lowest BCUT2D eigenvalue weighted by atomic mass is 9.95. The molecule has 6 nitrogen and oxygen atoms in total. The molecule has 0 heterocycles. The number of thiocarbonyl (C=S) groups is 1. The van der Waals surface area contributed by atoms with Gasteiger partial charge in [-0.2, -0.15) is 0 Å². The zero-order valence-electron chi connectivity index (χ0n) is 18.2. The number of carbonyl (C=O) groups excluding carboxylic acids is 2. The number of rotatable bonds is 6. The molecule has 8 heteroatoms. The molecule has 2 aromatic rings. The van der Waals surface area contributed by atoms with E-state index in [9.17, 15) is 9.59 Å². The molecule has 0 atom stereocenters. The summed E-state index contributed by atoms with van der Waals surface area (Å²) in [6.45, 7) is 3.87. The minimum absolute atomic E-state index is 0.0308. The van der Waals surface area contributed by atoms with Gasteiger partial charge in [0.05, 0.1) is 10.6 Å². The van der Waals surface area contributed by atoms with Crippen molar-refractivity contribution in [1.82, 2.24) is 10.6 Å². The Kier molecular flexibility index (Phi) is 8.64. The fourth-order valence-corrected chi connectivity index (χ4v) is 4.27. The Morgan fingerprint density at radius 1 is 1.03 bits per heavy atom. The number of hydrogen-bond donors (Lipinski definition) is 3. The molecular weight excluding hydrogens is 490 g/mol. The van der Waals surface area contributed by atoms with Crippen molar-refractivity contribution in [3.63, 3.8) is 0 Å². The molecule has 3 N–H and O–H groups in total. The van der Waals surface area contributed by atoms with Crippen LogP contribution in [-0.2, 0) is 0 Å². The maximum Gasteiger partial charge on any atom is 0.257 e. The highest BCUT2D eigenvalue weighted by atomic mass is 79.9. The lowest BCUT2D eigenvalue weighted by molar-refractivity contribution is 0.0926. The number of benzene rings is 2. The number of carbonyl (C=O) groups is 2. The summed E-state index contributed by atoms with van der Waals surface area (Å²) >= 11 is 8.72. The van der Waals surface area contributed by atoms with Crippen LogP contribution in [0.1, 0.15) is 66.7 Å².